The average molecular weight is 390 g/mol. The van der Waals surface area contributed by atoms with Gasteiger partial charge in [0.25, 0.3) is 5.56 Å². The van der Waals surface area contributed by atoms with Crippen LogP contribution in [-0.4, -0.2) is 26.1 Å². The first-order valence-electron chi connectivity index (χ1n) is 6.62. The van der Waals surface area contributed by atoms with E-state index in [4.69, 9.17) is 16.7 Å². The summed E-state index contributed by atoms with van der Waals surface area (Å²) in [4.78, 5) is 23.4. The lowest BCUT2D eigenvalue weighted by Gasteiger charge is -2.10. The molecule has 130 valence electrons. The molecule has 0 amide bonds. The molecule has 25 heavy (non-hydrogen) atoms. The van der Waals surface area contributed by atoms with Gasteiger partial charge in [0.2, 0.25) is 0 Å². The van der Waals surface area contributed by atoms with Crippen molar-refractivity contribution in [2.75, 3.05) is 0 Å². The summed E-state index contributed by atoms with van der Waals surface area (Å²) in [6.07, 6.45) is -4.65. The number of halogens is 4. The minimum absolute atomic E-state index is 0.0108. The van der Waals surface area contributed by atoms with Crippen LogP contribution in [0.1, 0.15) is 5.56 Å². The van der Waals surface area contributed by atoms with Gasteiger partial charge in [-0.3, -0.25) is 9.59 Å². The third-order valence-corrected chi connectivity index (χ3v) is 4.52. The van der Waals surface area contributed by atoms with Gasteiger partial charge >= 0.3 is 12.1 Å². The fourth-order valence-corrected chi connectivity index (χ4v) is 3.35. The highest BCUT2D eigenvalue weighted by Crippen LogP contribution is 2.39. The number of aromatic nitrogens is 3. The molecule has 0 atom stereocenters. The number of thiophene rings is 1. The molecule has 0 fully saturated rings. The summed E-state index contributed by atoms with van der Waals surface area (Å²) < 4.78 is 39.7. The summed E-state index contributed by atoms with van der Waals surface area (Å²) in [7, 11) is 0. The van der Waals surface area contributed by atoms with Crippen LogP contribution in [0.4, 0.5) is 13.2 Å². The van der Waals surface area contributed by atoms with E-state index in [-0.39, 0.29) is 21.3 Å². The van der Waals surface area contributed by atoms with Crippen molar-refractivity contribution >= 4 is 39.1 Å². The Morgan fingerprint density at radius 3 is 2.72 bits per heavy atom. The second kappa shape index (κ2) is 6.12. The normalized spacial score (nSPS) is 11.8. The maximum Gasteiger partial charge on any atom is 0.417 e. The lowest BCUT2D eigenvalue weighted by molar-refractivity contribution is -0.138. The maximum absolute atomic E-state index is 13.0. The summed E-state index contributed by atoms with van der Waals surface area (Å²) >= 11 is 6.62. The van der Waals surface area contributed by atoms with Crippen molar-refractivity contribution in [2.24, 2.45) is 0 Å². The molecule has 1 aromatic carbocycles. The van der Waals surface area contributed by atoms with E-state index in [0.717, 1.165) is 23.5 Å². The Hall–Kier alpha value is -2.46. The molecular weight excluding hydrogens is 383 g/mol. The Labute approximate surface area is 146 Å². The molecule has 6 nitrogen and oxygen atoms in total. The van der Waals surface area contributed by atoms with Gasteiger partial charge in [-0.15, -0.1) is 16.4 Å². The van der Waals surface area contributed by atoms with Crippen LogP contribution in [0.5, 0.6) is 0 Å². The van der Waals surface area contributed by atoms with Gasteiger partial charge < -0.3 is 5.11 Å². The first-order chi connectivity index (χ1) is 11.7. The number of carboxylic acids is 1. The number of aliphatic carboxylic acids is 1. The van der Waals surface area contributed by atoms with Crippen molar-refractivity contribution in [3.05, 3.63) is 44.5 Å². The highest BCUT2D eigenvalue weighted by Gasteiger charge is 2.33. The van der Waals surface area contributed by atoms with E-state index in [1.807, 2.05) is 0 Å². The monoisotopic (exact) mass is 389 g/mol. The molecule has 0 aliphatic heterocycles. The second-order valence-corrected chi connectivity index (χ2v) is 6.23. The highest BCUT2D eigenvalue weighted by molar-refractivity contribution is 7.17. The molecule has 3 aromatic rings. The molecular formula is C14H7ClF3N3O3S. The Kier molecular flexibility index (Phi) is 4.25. The molecule has 2 aromatic heterocycles. The van der Waals surface area contributed by atoms with E-state index >= 15 is 0 Å². The van der Waals surface area contributed by atoms with Gasteiger partial charge in [0.15, 0.2) is 4.83 Å². The molecule has 0 saturated heterocycles. The predicted octanol–water partition coefficient (Wildman–Crippen LogP) is 3.28. The van der Waals surface area contributed by atoms with Crippen LogP contribution < -0.4 is 5.56 Å². The zero-order valence-corrected chi connectivity index (χ0v) is 13.6. The van der Waals surface area contributed by atoms with Crippen molar-refractivity contribution in [2.45, 2.75) is 12.7 Å². The van der Waals surface area contributed by atoms with Crippen molar-refractivity contribution < 1.29 is 23.1 Å². The van der Waals surface area contributed by atoms with Crippen molar-refractivity contribution in [1.82, 2.24) is 15.0 Å². The minimum atomic E-state index is -4.65. The smallest absolute Gasteiger partial charge is 0.417 e. The topological polar surface area (TPSA) is 85.1 Å². The second-order valence-electron chi connectivity index (χ2n) is 4.97. The molecule has 3 rings (SSSR count). The quantitative estimate of drug-likeness (QED) is 0.743. The summed E-state index contributed by atoms with van der Waals surface area (Å²) in [6.45, 7) is -0.703. The Morgan fingerprint density at radius 1 is 1.36 bits per heavy atom. The lowest BCUT2D eigenvalue weighted by Crippen LogP contribution is -2.27. The third kappa shape index (κ3) is 3.22. The Morgan fingerprint density at radius 2 is 2.08 bits per heavy atom. The van der Waals surface area contributed by atoms with Crippen molar-refractivity contribution in [3.8, 4) is 11.1 Å². The molecule has 11 heteroatoms. The highest BCUT2D eigenvalue weighted by atomic mass is 35.5. The van der Waals surface area contributed by atoms with Gasteiger partial charge in [-0.2, -0.15) is 17.9 Å². The number of fused-ring (bicyclic) bond motifs is 1. The third-order valence-electron chi connectivity index (χ3n) is 3.33. The van der Waals surface area contributed by atoms with Gasteiger partial charge in [0.1, 0.15) is 6.54 Å². The SMILES string of the molecule is O=C(O)Cn1nnc2scc(-c3ccc(Cl)c(C(F)(F)F)c3)c2c1=O. The molecule has 0 saturated carbocycles. The molecule has 0 spiro atoms. The standard InChI is InChI=1S/C14H7ClF3N3O3S/c15-9-2-1-6(3-8(9)14(16,17)18)7-5-25-12-11(7)13(24)21(20-19-12)4-10(22)23/h1-3,5H,4H2,(H,22,23). The van der Waals surface area contributed by atoms with E-state index in [1.54, 1.807) is 0 Å². The van der Waals surface area contributed by atoms with E-state index < -0.39 is 34.8 Å². The van der Waals surface area contributed by atoms with Crippen LogP contribution in [-0.2, 0) is 17.5 Å². The van der Waals surface area contributed by atoms with Crippen LogP contribution in [0.25, 0.3) is 21.3 Å². The largest absolute Gasteiger partial charge is 0.480 e. The van der Waals surface area contributed by atoms with Crippen LogP contribution in [0, 0.1) is 0 Å². The number of hydrogen-bond donors (Lipinski definition) is 1. The lowest BCUT2D eigenvalue weighted by atomic mass is 10.0. The first kappa shape index (κ1) is 17.4. The van der Waals surface area contributed by atoms with Crippen LogP contribution in [0.2, 0.25) is 5.02 Å². The Bertz CT molecular complexity index is 1050. The summed E-state index contributed by atoms with van der Waals surface area (Å²) in [5.41, 5.74) is -1.44. The number of alkyl halides is 3. The summed E-state index contributed by atoms with van der Waals surface area (Å²) in [5.74, 6) is -1.29. The molecule has 0 unspecified atom stereocenters. The van der Waals surface area contributed by atoms with Crippen molar-refractivity contribution in [1.29, 1.82) is 0 Å². The molecule has 0 bridgehead atoms. The fraction of sp³-hybridized carbons (Fsp3) is 0.143. The van der Waals surface area contributed by atoms with E-state index in [1.165, 1.54) is 11.4 Å². The zero-order valence-electron chi connectivity index (χ0n) is 12.0. The minimum Gasteiger partial charge on any atom is -0.480 e. The number of benzene rings is 1. The average Bonchev–Trinajstić information content (AvgIpc) is 2.94. The first-order valence-corrected chi connectivity index (χ1v) is 7.88. The molecule has 2 heterocycles. The zero-order chi connectivity index (χ0) is 18.4. The van der Waals surface area contributed by atoms with E-state index in [0.29, 0.717) is 4.68 Å². The molecule has 0 aliphatic carbocycles. The van der Waals surface area contributed by atoms with Gasteiger partial charge in [-0.25, -0.2) is 0 Å². The molecule has 0 aliphatic rings. The van der Waals surface area contributed by atoms with Gasteiger partial charge in [0, 0.05) is 10.9 Å². The van der Waals surface area contributed by atoms with Crippen molar-refractivity contribution in [3.63, 3.8) is 0 Å². The van der Waals surface area contributed by atoms with Gasteiger partial charge in [-0.05, 0) is 17.7 Å². The van der Waals surface area contributed by atoms with E-state index in [9.17, 15) is 22.8 Å². The van der Waals surface area contributed by atoms with Crippen LogP contribution in [0.15, 0.2) is 28.4 Å². The predicted molar refractivity (Wildman–Crippen MR) is 84.8 cm³/mol. The van der Waals surface area contributed by atoms with Gasteiger partial charge in [0.05, 0.1) is 16.0 Å². The number of nitrogens with zero attached hydrogens (tertiary/aromatic N) is 3. The van der Waals surface area contributed by atoms with Crippen LogP contribution in [0.3, 0.4) is 0 Å². The number of carboxylic acid groups (broad SMARTS) is 1. The number of rotatable bonds is 3. The summed E-state index contributed by atoms with van der Waals surface area (Å²) in [5, 5.41) is 17.1. The molecule has 0 radical (unpaired) electrons. The van der Waals surface area contributed by atoms with E-state index in [2.05, 4.69) is 10.3 Å². The molecule has 1 N–H and O–H groups in total. The number of carbonyl (C=O) groups is 1. The summed E-state index contributed by atoms with van der Waals surface area (Å²) in [6, 6.07) is 3.28. The maximum atomic E-state index is 13.0. The Balaban J connectivity index is 2.23. The fourth-order valence-electron chi connectivity index (χ4n) is 2.25. The van der Waals surface area contributed by atoms with Crippen LogP contribution >= 0.6 is 22.9 Å². The number of hydrogen-bond acceptors (Lipinski definition) is 5. The van der Waals surface area contributed by atoms with Gasteiger partial charge in [-0.1, -0.05) is 22.9 Å².